The SMILES string of the molecule is COC(=O)C=Cc1ccccc1N/C(=C/C(=O)OC)C(=O)OC. The fraction of sp³-hybridized carbons (Fsp3) is 0.188. The molecule has 0 spiro atoms. The number of hydrogen-bond donors (Lipinski definition) is 1. The van der Waals surface area contributed by atoms with Gasteiger partial charge in [0.25, 0.3) is 0 Å². The second kappa shape index (κ2) is 9.04. The Bertz CT molecular complexity index is 648. The first-order valence-corrected chi connectivity index (χ1v) is 6.51. The Balaban J connectivity index is 3.12. The summed E-state index contributed by atoms with van der Waals surface area (Å²) in [5.74, 6) is -1.96. The highest BCUT2D eigenvalue weighted by Crippen LogP contribution is 2.19. The third-order valence-corrected chi connectivity index (χ3v) is 2.70. The van der Waals surface area contributed by atoms with Crippen LogP contribution in [0.2, 0.25) is 0 Å². The van der Waals surface area contributed by atoms with Gasteiger partial charge in [-0.15, -0.1) is 0 Å². The number of ether oxygens (including phenoxy) is 3. The van der Waals surface area contributed by atoms with Crippen molar-refractivity contribution in [2.24, 2.45) is 0 Å². The van der Waals surface area contributed by atoms with Crippen LogP contribution in [0, 0.1) is 0 Å². The molecule has 1 N–H and O–H groups in total. The van der Waals surface area contributed by atoms with Crippen LogP contribution >= 0.6 is 0 Å². The van der Waals surface area contributed by atoms with E-state index in [0.717, 1.165) is 6.08 Å². The summed E-state index contributed by atoms with van der Waals surface area (Å²) in [5, 5.41) is 2.79. The van der Waals surface area contributed by atoms with E-state index in [0.29, 0.717) is 11.3 Å². The van der Waals surface area contributed by atoms with Gasteiger partial charge < -0.3 is 19.5 Å². The van der Waals surface area contributed by atoms with E-state index in [9.17, 15) is 14.4 Å². The van der Waals surface area contributed by atoms with Gasteiger partial charge in [-0.2, -0.15) is 0 Å². The smallest absolute Gasteiger partial charge is 0.354 e. The van der Waals surface area contributed by atoms with Crippen molar-refractivity contribution in [2.45, 2.75) is 0 Å². The first kappa shape index (κ1) is 18.0. The van der Waals surface area contributed by atoms with Gasteiger partial charge in [0, 0.05) is 11.8 Å². The molecule has 0 heterocycles. The zero-order valence-electron chi connectivity index (χ0n) is 13.0. The lowest BCUT2D eigenvalue weighted by Crippen LogP contribution is -2.16. The minimum Gasteiger partial charge on any atom is -0.466 e. The predicted octanol–water partition coefficient (Wildman–Crippen LogP) is 1.51. The van der Waals surface area contributed by atoms with Crippen molar-refractivity contribution < 1.29 is 28.6 Å². The summed E-state index contributed by atoms with van der Waals surface area (Å²) in [5.41, 5.74) is 1.00. The molecule has 122 valence electrons. The highest BCUT2D eigenvalue weighted by molar-refractivity contribution is 5.99. The van der Waals surface area contributed by atoms with Crippen LogP contribution in [0.25, 0.3) is 6.08 Å². The molecule has 1 aromatic rings. The lowest BCUT2D eigenvalue weighted by Gasteiger charge is -2.11. The molecule has 0 aromatic heterocycles. The molecular formula is C16H17NO6. The van der Waals surface area contributed by atoms with Crippen molar-refractivity contribution in [1.29, 1.82) is 0 Å². The van der Waals surface area contributed by atoms with Gasteiger partial charge in [0.05, 0.1) is 27.4 Å². The zero-order valence-corrected chi connectivity index (χ0v) is 13.0. The van der Waals surface area contributed by atoms with Gasteiger partial charge in [-0.3, -0.25) is 0 Å². The van der Waals surface area contributed by atoms with Crippen LogP contribution in [-0.2, 0) is 28.6 Å². The maximum atomic E-state index is 11.7. The monoisotopic (exact) mass is 319 g/mol. The number of nitrogens with one attached hydrogen (secondary N) is 1. The van der Waals surface area contributed by atoms with Crippen molar-refractivity contribution in [3.63, 3.8) is 0 Å². The summed E-state index contributed by atoms with van der Waals surface area (Å²) in [6.07, 6.45) is 3.73. The van der Waals surface area contributed by atoms with E-state index in [1.807, 2.05) is 0 Å². The average molecular weight is 319 g/mol. The van der Waals surface area contributed by atoms with Crippen LogP contribution in [0.4, 0.5) is 5.69 Å². The topological polar surface area (TPSA) is 90.9 Å². The molecule has 0 atom stereocenters. The van der Waals surface area contributed by atoms with Gasteiger partial charge in [-0.25, -0.2) is 14.4 Å². The summed E-state index contributed by atoms with van der Waals surface area (Å²) in [6, 6.07) is 6.87. The van der Waals surface area contributed by atoms with Crippen LogP contribution in [-0.4, -0.2) is 39.2 Å². The Kier molecular flexibility index (Phi) is 7.06. The van der Waals surface area contributed by atoms with E-state index in [4.69, 9.17) is 0 Å². The minimum absolute atomic E-state index is 0.0988. The summed E-state index contributed by atoms with van der Waals surface area (Å²) < 4.78 is 13.6. The van der Waals surface area contributed by atoms with Gasteiger partial charge in [0.2, 0.25) is 0 Å². The molecule has 0 aliphatic rings. The minimum atomic E-state index is -0.734. The Labute approximate surface area is 133 Å². The highest BCUT2D eigenvalue weighted by Gasteiger charge is 2.13. The number of hydrogen-bond acceptors (Lipinski definition) is 7. The molecule has 0 aliphatic heterocycles. The van der Waals surface area contributed by atoms with E-state index in [2.05, 4.69) is 19.5 Å². The molecule has 23 heavy (non-hydrogen) atoms. The quantitative estimate of drug-likeness (QED) is 0.483. The van der Waals surface area contributed by atoms with Crippen LogP contribution < -0.4 is 5.32 Å². The number of para-hydroxylation sites is 1. The van der Waals surface area contributed by atoms with E-state index in [-0.39, 0.29) is 5.70 Å². The van der Waals surface area contributed by atoms with E-state index in [1.165, 1.54) is 33.5 Å². The third kappa shape index (κ3) is 5.66. The molecule has 7 nitrogen and oxygen atoms in total. The highest BCUT2D eigenvalue weighted by atomic mass is 16.5. The number of carbonyl (C=O) groups is 3. The molecule has 0 fully saturated rings. The van der Waals surface area contributed by atoms with Crippen molar-refractivity contribution in [2.75, 3.05) is 26.6 Å². The first-order chi connectivity index (χ1) is 11.0. The molecule has 0 radical (unpaired) electrons. The van der Waals surface area contributed by atoms with Gasteiger partial charge in [-0.05, 0) is 17.7 Å². The fourth-order valence-electron chi connectivity index (χ4n) is 1.56. The molecule has 1 rings (SSSR count). The molecule has 0 aliphatic carbocycles. The maximum absolute atomic E-state index is 11.7. The predicted molar refractivity (Wildman–Crippen MR) is 83.2 cm³/mol. The normalized spacial score (nSPS) is 11.0. The van der Waals surface area contributed by atoms with Gasteiger partial charge in [-0.1, -0.05) is 18.2 Å². The molecule has 7 heteroatoms. The van der Waals surface area contributed by atoms with Crippen molar-refractivity contribution >= 4 is 29.7 Å². The maximum Gasteiger partial charge on any atom is 0.354 e. The second-order valence-electron chi connectivity index (χ2n) is 4.14. The Morgan fingerprint density at radius 1 is 0.957 bits per heavy atom. The molecule has 1 aromatic carbocycles. The van der Waals surface area contributed by atoms with Gasteiger partial charge >= 0.3 is 17.9 Å². The molecular weight excluding hydrogens is 302 g/mol. The largest absolute Gasteiger partial charge is 0.466 e. The van der Waals surface area contributed by atoms with Crippen LogP contribution in [0.5, 0.6) is 0 Å². The zero-order chi connectivity index (χ0) is 17.2. The number of anilines is 1. The molecule has 0 saturated heterocycles. The van der Waals surface area contributed by atoms with E-state index >= 15 is 0 Å². The number of esters is 3. The summed E-state index contributed by atoms with van der Waals surface area (Å²) in [6.45, 7) is 0. The van der Waals surface area contributed by atoms with Gasteiger partial charge in [0.1, 0.15) is 5.70 Å². The Morgan fingerprint density at radius 2 is 1.61 bits per heavy atom. The molecule has 0 saturated carbocycles. The Morgan fingerprint density at radius 3 is 2.22 bits per heavy atom. The number of carbonyl (C=O) groups excluding carboxylic acids is 3. The van der Waals surface area contributed by atoms with E-state index < -0.39 is 17.9 Å². The van der Waals surface area contributed by atoms with Crippen LogP contribution in [0.15, 0.2) is 42.1 Å². The van der Waals surface area contributed by atoms with E-state index in [1.54, 1.807) is 24.3 Å². The standard InChI is InChI=1S/C16H17NO6/c1-21-14(18)9-8-11-6-4-5-7-12(11)17-13(16(20)23-3)10-15(19)22-2/h4-10,17H,1-3H3/b9-8?,13-10+. The third-order valence-electron chi connectivity index (χ3n) is 2.70. The number of rotatable bonds is 6. The second-order valence-corrected chi connectivity index (χ2v) is 4.14. The van der Waals surface area contributed by atoms with Crippen molar-refractivity contribution in [3.05, 3.63) is 47.7 Å². The number of methoxy groups -OCH3 is 3. The lowest BCUT2D eigenvalue weighted by molar-refractivity contribution is -0.138. The summed E-state index contributed by atoms with van der Waals surface area (Å²) in [4.78, 5) is 34.3. The summed E-state index contributed by atoms with van der Waals surface area (Å²) in [7, 11) is 3.66. The molecule has 0 unspecified atom stereocenters. The van der Waals surface area contributed by atoms with Crippen molar-refractivity contribution in [3.8, 4) is 0 Å². The summed E-state index contributed by atoms with van der Waals surface area (Å²) >= 11 is 0. The first-order valence-electron chi connectivity index (χ1n) is 6.51. The lowest BCUT2D eigenvalue weighted by atomic mass is 10.1. The molecule has 0 amide bonds. The fourth-order valence-corrected chi connectivity index (χ4v) is 1.56. The van der Waals surface area contributed by atoms with Crippen LogP contribution in [0.1, 0.15) is 5.56 Å². The average Bonchev–Trinajstić information content (AvgIpc) is 2.58. The van der Waals surface area contributed by atoms with Crippen molar-refractivity contribution in [1.82, 2.24) is 0 Å². The Hall–Kier alpha value is -3.09. The van der Waals surface area contributed by atoms with Crippen LogP contribution in [0.3, 0.4) is 0 Å². The number of benzene rings is 1. The molecule has 0 bridgehead atoms. The van der Waals surface area contributed by atoms with Gasteiger partial charge in [0.15, 0.2) is 0 Å².